The van der Waals surface area contributed by atoms with E-state index in [-0.39, 0.29) is 12.5 Å². The van der Waals surface area contributed by atoms with Crippen LogP contribution in [0.3, 0.4) is 0 Å². The highest BCUT2D eigenvalue weighted by Gasteiger charge is 2.23. The molecule has 0 heterocycles. The zero-order valence-electron chi connectivity index (χ0n) is 50.4. The topological polar surface area (TPSA) is 108 Å². The van der Waals surface area contributed by atoms with Crippen LogP contribution in [0.15, 0.2) is 122 Å². The Balaban J connectivity index is 4.12. The lowest BCUT2D eigenvalue weighted by molar-refractivity contribution is -0.870. The molecule has 77 heavy (non-hydrogen) atoms. The first kappa shape index (κ1) is 73.9. The summed E-state index contributed by atoms with van der Waals surface area (Å²) < 4.78 is 23.3. The summed E-state index contributed by atoms with van der Waals surface area (Å²) in [6.45, 7) is 4.50. The molecular formula is C68H119N2O6P. The van der Waals surface area contributed by atoms with Crippen molar-refractivity contribution in [2.75, 3.05) is 40.9 Å². The number of aliphatic hydroxyl groups excluding tert-OH is 1. The highest BCUT2D eigenvalue weighted by Crippen LogP contribution is 2.38. The van der Waals surface area contributed by atoms with E-state index < -0.39 is 26.6 Å². The van der Waals surface area contributed by atoms with E-state index in [0.29, 0.717) is 17.4 Å². The summed E-state index contributed by atoms with van der Waals surface area (Å²) in [6, 6.07) is -0.917. The van der Waals surface area contributed by atoms with Crippen LogP contribution in [0.25, 0.3) is 0 Å². The molecule has 3 atom stereocenters. The molecular weight excluding hydrogens is 972 g/mol. The third kappa shape index (κ3) is 60.4. The second kappa shape index (κ2) is 57.6. The fourth-order valence-electron chi connectivity index (χ4n) is 8.52. The van der Waals surface area contributed by atoms with Crippen LogP contribution in [0, 0.1) is 0 Å². The SMILES string of the molecule is CC/C=C\C/C=C\C/C=C\C/C=C\C/C=C\C/C=C\C/C=C\CCCCCCCCCCCCCCCCCC(=O)NC(COP(=O)([O-])OCC[N+](C)(C)C)C(O)/C=C/CC/C=C/CC/C=C/CCCCCCCCCC. The number of allylic oxidation sites excluding steroid dienone is 19. The number of nitrogens with zero attached hydrogens (tertiary/aromatic N) is 1. The van der Waals surface area contributed by atoms with Crippen LogP contribution in [0.4, 0.5) is 0 Å². The number of quaternary nitrogens is 1. The minimum atomic E-state index is -4.62. The largest absolute Gasteiger partial charge is 0.756 e. The van der Waals surface area contributed by atoms with Gasteiger partial charge < -0.3 is 28.8 Å². The average molecular weight is 1090 g/mol. The van der Waals surface area contributed by atoms with Gasteiger partial charge in [-0.1, -0.05) is 264 Å². The van der Waals surface area contributed by atoms with Crippen LogP contribution < -0.4 is 10.2 Å². The van der Waals surface area contributed by atoms with E-state index in [1.807, 2.05) is 27.2 Å². The van der Waals surface area contributed by atoms with Gasteiger partial charge in [-0.2, -0.15) is 0 Å². The van der Waals surface area contributed by atoms with Gasteiger partial charge in [0.15, 0.2) is 0 Å². The second-order valence-electron chi connectivity index (χ2n) is 22.0. The van der Waals surface area contributed by atoms with Crippen molar-refractivity contribution in [1.82, 2.24) is 5.32 Å². The molecule has 0 aromatic heterocycles. The quantitative estimate of drug-likeness (QED) is 0.0272. The number of carbonyl (C=O) groups is 1. The maximum atomic E-state index is 13.0. The number of phosphoric acid groups is 1. The number of phosphoric ester groups is 1. The van der Waals surface area contributed by atoms with Crippen LogP contribution in [-0.4, -0.2) is 68.5 Å². The summed E-state index contributed by atoms with van der Waals surface area (Å²) in [5.74, 6) is -0.215. The van der Waals surface area contributed by atoms with E-state index in [1.165, 1.54) is 141 Å². The molecule has 0 fully saturated rings. The third-order valence-electron chi connectivity index (χ3n) is 13.4. The Kier molecular flexibility index (Phi) is 55.3. The van der Waals surface area contributed by atoms with Gasteiger partial charge in [0.2, 0.25) is 5.91 Å². The Bertz CT molecular complexity index is 1670. The summed E-state index contributed by atoms with van der Waals surface area (Å²) in [6.07, 6.45) is 85.8. The molecule has 0 saturated heterocycles. The van der Waals surface area contributed by atoms with E-state index >= 15 is 0 Å². The molecule has 0 aliphatic rings. The van der Waals surface area contributed by atoms with Crippen molar-refractivity contribution in [3.05, 3.63) is 122 Å². The summed E-state index contributed by atoms with van der Waals surface area (Å²) >= 11 is 0. The third-order valence-corrected chi connectivity index (χ3v) is 14.3. The van der Waals surface area contributed by atoms with Crippen molar-refractivity contribution in [2.24, 2.45) is 0 Å². The molecule has 0 spiro atoms. The lowest BCUT2D eigenvalue weighted by Gasteiger charge is -2.29. The molecule has 0 aromatic carbocycles. The van der Waals surface area contributed by atoms with E-state index in [0.717, 1.165) is 89.9 Å². The average Bonchev–Trinajstić information content (AvgIpc) is 3.39. The highest BCUT2D eigenvalue weighted by atomic mass is 31.2. The van der Waals surface area contributed by atoms with Crippen LogP contribution in [0.2, 0.25) is 0 Å². The Labute approximate surface area is 475 Å². The summed E-state index contributed by atoms with van der Waals surface area (Å²) in [7, 11) is 1.23. The first-order valence-electron chi connectivity index (χ1n) is 31.4. The van der Waals surface area contributed by atoms with Gasteiger partial charge in [-0.05, 0) is 103 Å². The fraction of sp³-hybridized carbons (Fsp3) is 0.691. The molecule has 0 radical (unpaired) electrons. The lowest BCUT2D eigenvalue weighted by Crippen LogP contribution is -2.45. The minimum Gasteiger partial charge on any atom is -0.756 e. The van der Waals surface area contributed by atoms with Crippen molar-refractivity contribution >= 4 is 13.7 Å². The predicted octanol–water partition coefficient (Wildman–Crippen LogP) is 19.1. The first-order valence-corrected chi connectivity index (χ1v) is 32.9. The molecule has 0 rings (SSSR count). The van der Waals surface area contributed by atoms with Crippen molar-refractivity contribution in [1.29, 1.82) is 0 Å². The Morgan fingerprint density at radius 2 is 0.805 bits per heavy atom. The van der Waals surface area contributed by atoms with Gasteiger partial charge >= 0.3 is 0 Å². The summed E-state index contributed by atoms with van der Waals surface area (Å²) in [4.78, 5) is 25.5. The molecule has 0 bridgehead atoms. The fourth-order valence-corrected chi connectivity index (χ4v) is 9.24. The maximum Gasteiger partial charge on any atom is 0.268 e. The summed E-state index contributed by atoms with van der Waals surface area (Å²) in [5.41, 5.74) is 0. The van der Waals surface area contributed by atoms with Gasteiger partial charge in [0, 0.05) is 6.42 Å². The predicted molar refractivity (Wildman–Crippen MR) is 334 cm³/mol. The van der Waals surface area contributed by atoms with Crippen molar-refractivity contribution in [3.63, 3.8) is 0 Å². The van der Waals surface area contributed by atoms with Gasteiger partial charge in [-0.3, -0.25) is 9.36 Å². The zero-order valence-corrected chi connectivity index (χ0v) is 51.3. The normalized spacial score (nSPS) is 14.6. The number of hydrogen-bond acceptors (Lipinski definition) is 6. The van der Waals surface area contributed by atoms with Gasteiger partial charge in [0.1, 0.15) is 13.2 Å². The molecule has 8 nitrogen and oxygen atoms in total. The number of carbonyl (C=O) groups excluding carboxylic acids is 1. The Hall–Kier alpha value is -3.10. The van der Waals surface area contributed by atoms with E-state index in [9.17, 15) is 19.4 Å². The second-order valence-corrected chi connectivity index (χ2v) is 23.4. The number of unbranched alkanes of at least 4 members (excludes halogenated alkanes) is 25. The number of likely N-dealkylation sites (N-methyl/N-ethyl adjacent to an activating group) is 1. The molecule has 0 aromatic rings. The molecule has 3 unspecified atom stereocenters. The number of rotatable bonds is 56. The van der Waals surface area contributed by atoms with Crippen molar-refractivity contribution < 1.29 is 32.9 Å². The number of nitrogens with one attached hydrogen (secondary N) is 1. The lowest BCUT2D eigenvalue weighted by atomic mass is 10.0. The smallest absolute Gasteiger partial charge is 0.268 e. The monoisotopic (exact) mass is 1090 g/mol. The van der Waals surface area contributed by atoms with Gasteiger partial charge in [-0.25, -0.2) is 0 Å². The number of aliphatic hydroxyl groups is 1. The first-order chi connectivity index (χ1) is 37.5. The molecule has 1 amide bonds. The zero-order chi connectivity index (χ0) is 56.3. The molecule has 0 aliphatic carbocycles. The number of amides is 1. The highest BCUT2D eigenvalue weighted by molar-refractivity contribution is 7.45. The van der Waals surface area contributed by atoms with Crippen LogP contribution in [0.5, 0.6) is 0 Å². The standard InChI is InChI=1S/C68H119N2O6P/c1-6-8-10-12-14-16-18-20-22-24-26-27-28-29-30-31-32-33-34-35-36-37-38-39-40-41-42-43-44-46-48-50-52-54-56-58-60-62-68(72)69-66(65-76-77(73,74)75-64-63-70(3,4)5)67(71)61-59-57-55-53-51-49-47-45-25-23-21-19-17-15-13-11-9-7-2/h8,10,14,16,20,22,25-27,29-30,32-33,35-36,45,51,53,59,61,66-67,71H,6-7,9,11-13,15,17-19,21,23-24,28,31,34,37-44,46-50,52,54-58,60,62-65H2,1-5H3,(H-,69,72,73,74)/b10-8-,16-14-,22-20-,27-26-,30-29-,33-32-,36-35-,45-25+,53-51+,61-59+. The molecule has 0 saturated carbocycles. The van der Waals surface area contributed by atoms with Crippen LogP contribution >= 0.6 is 7.82 Å². The Morgan fingerprint density at radius 1 is 0.468 bits per heavy atom. The summed E-state index contributed by atoms with van der Waals surface area (Å²) in [5, 5.41) is 13.9. The minimum absolute atomic E-state index is 0.0134. The van der Waals surface area contributed by atoms with Crippen molar-refractivity contribution in [2.45, 2.75) is 264 Å². The van der Waals surface area contributed by atoms with Crippen LogP contribution in [0.1, 0.15) is 251 Å². The molecule has 9 heteroatoms. The van der Waals surface area contributed by atoms with E-state index in [1.54, 1.807) is 6.08 Å². The van der Waals surface area contributed by atoms with Crippen molar-refractivity contribution in [3.8, 4) is 0 Å². The van der Waals surface area contributed by atoms with Crippen LogP contribution in [-0.2, 0) is 18.4 Å². The maximum absolute atomic E-state index is 13.0. The van der Waals surface area contributed by atoms with Gasteiger partial charge in [0.05, 0.1) is 39.9 Å². The number of hydrogen-bond donors (Lipinski definition) is 2. The van der Waals surface area contributed by atoms with Gasteiger partial charge in [-0.15, -0.1) is 0 Å². The molecule has 0 aliphatic heterocycles. The van der Waals surface area contributed by atoms with E-state index in [4.69, 9.17) is 9.05 Å². The molecule has 442 valence electrons. The van der Waals surface area contributed by atoms with E-state index in [2.05, 4.69) is 129 Å². The molecule has 2 N–H and O–H groups in total. The van der Waals surface area contributed by atoms with Gasteiger partial charge in [0.25, 0.3) is 7.82 Å². The Morgan fingerprint density at radius 3 is 1.21 bits per heavy atom.